The number of aryl methyl sites for hydroxylation is 1. The van der Waals surface area contributed by atoms with Gasteiger partial charge in [0.15, 0.2) is 0 Å². The van der Waals surface area contributed by atoms with Gasteiger partial charge >= 0.3 is 5.97 Å². The molecule has 6 heteroatoms. The molecule has 0 saturated heterocycles. The van der Waals surface area contributed by atoms with Crippen LogP contribution in [0.2, 0.25) is 0 Å². The number of aromatic nitrogens is 2. The van der Waals surface area contributed by atoms with Crippen LogP contribution >= 0.6 is 0 Å². The fourth-order valence-electron chi connectivity index (χ4n) is 2.12. The second-order valence-electron chi connectivity index (χ2n) is 4.57. The zero-order chi connectivity index (χ0) is 14.5. The van der Waals surface area contributed by atoms with Crippen molar-refractivity contribution >= 4 is 17.3 Å². The SMILES string of the molecule is Cn1nccc1CCN(CC(=O)O)c1ccccc1N. The lowest BCUT2D eigenvalue weighted by Gasteiger charge is -2.24. The molecule has 0 aliphatic carbocycles. The largest absolute Gasteiger partial charge is 0.480 e. The topological polar surface area (TPSA) is 84.4 Å². The number of carboxylic acids is 1. The van der Waals surface area contributed by atoms with Gasteiger partial charge in [0.05, 0.1) is 11.4 Å². The van der Waals surface area contributed by atoms with Crippen LogP contribution < -0.4 is 10.6 Å². The quantitative estimate of drug-likeness (QED) is 0.772. The number of anilines is 2. The summed E-state index contributed by atoms with van der Waals surface area (Å²) in [6.45, 7) is 0.492. The third kappa shape index (κ3) is 3.28. The molecule has 106 valence electrons. The van der Waals surface area contributed by atoms with Crippen LogP contribution in [0.5, 0.6) is 0 Å². The van der Waals surface area contributed by atoms with Gasteiger partial charge in [-0.25, -0.2) is 0 Å². The number of carboxylic acid groups (broad SMARTS) is 1. The van der Waals surface area contributed by atoms with Crippen molar-refractivity contribution in [3.63, 3.8) is 0 Å². The van der Waals surface area contributed by atoms with E-state index in [1.807, 2.05) is 31.3 Å². The molecular formula is C14H18N4O2. The molecule has 2 aromatic rings. The van der Waals surface area contributed by atoms with Gasteiger partial charge in [-0.05, 0) is 18.2 Å². The summed E-state index contributed by atoms with van der Waals surface area (Å²) in [4.78, 5) is 12.8. The van der Waals surface area contributed by atoms with Gasteiger partial charge in [0.2, 0.25) is 0 Å². The minimum Gasteiger partial charge on any atom is -0.480 e. The fourth-order valence-corrected chi connectivity index (χ4v) is 2.12. The van der Waals surface area contributed by atoms with Crippen LogP contribution in [0.25, 0.3) is 0 Å². The van der Waals surface area contributed by atoms with Crippen LogP contribution in [0.3, 0.4) is 0 Å². The number of rotatable bonds is 6. The van der Waals surface area contributed by atoms with Gasteiger partial charge in [0.1, 0.15) is 6.54 Å². The maximum atomic E-state index is 11.0. The number of nitrogens with zero attached hydrogens (tertiary/aromatic N) is 3. The summed E-state index contributed by atoms with van der Waals surface area (Å²) >= 11 is 0. The highest BCUT2D eigenvalue weighted by Crippen LogP contribution is 2.22. The van der Waals surface area contributed by atoms with Crippen LogP contribution in [-0.2, 0) is 18.3 Å². The van der Waals surface area contributed by atoms with E-state index in [2.05, 4.69) is 5.10 Å². The highest BCUT2D eigenvalue weighted by molar-refractivity contribution is 5.77. The molecule has 0 saturated carbocycles. The Bertz CT molecular complexity index is 594. The Hall–Kier alpha value is -2.50. The molecule has 0 unspecified atom stereocenters. The molecule has 6 nitrogen and oxygen atoms in total. The maximum Gasteiger partial charge on any atom is 0.323 e. The molecule has 1 aromatic heterocycles. The van der Waals surface area contributed by atoms with Crippen LogP contribution in [-0.4, -0.2) is 33.9 Å². The lowest BCUT2D eigenvalue weighted by atomic mass is 10.2. The Morgan fingerprint density at radius 2 is 2.15 bits per heavy atom. The molecule has 0 radical (unpaired) electrons. The number of hydrogen-bond acceptors (Lipinski definition) is 4. The number of nitrogen functional groups attached to an aromatic ring is 1. The second-order valence-corrected chi connectivity index (χ2v) is 4.57. The van der Waals surface area contributed by atoms with Crippen molar-refractivity contribution in [2.45, 2.75) is 6.42 Å². The number of hydrogen-bond donors (Lipinski definition) is 2. The van der Waals surface area contributed by atoms with E-state index in [0.717, 1.165) is 11.4 Å². The van der Waals surface area contributed by atoms with E-state index in [-0.39, 0.29) is 6.54 Å². The average molecular weight is 274 g/mol. The number of aliphatic carboxylic acids is 1. The van der Waals surface area contributed by atoms with Crippen molar-refractivity contribution in [2.24, 2.45) is 7.05 Å². The van der Waals surface area contributed by atoms with E-state index >= 15 is 0 Å². The Labute approximate surface area is 117 Å². The highest BCUT2D eigenvalue weighted by Gasteiger charge is 2.13. The molecule has 2 rings (SSSR count). The first kappa shape index (κ1) is 13.9. The zero-order valence-corrected chi connectivity index (χ0v) is 11.4. The van der Waals surface area contributed by atoms with E-state index in [1.54, 1.807) is 21.8 Å². The smallest absolute Gasteiger partial charge is 0.323 e. The minimum atomic E-state index is -0.877. The van der Waals surface area contributed by atoms with E-state index < -0.39 is 5.97 Å². The summed E-state index contributed by atoms with van der Waals surface area (Å²) in [6, 6.07) is 9.21. The van der Waals surface area contributed by atoms with Gasteiger partial charge in [-0.3, -0.25) is 9.48 Å². The molecule has 0 amide bonds. The molecule has 0 aliphatic rings. The first-order valence-electron chi connectivity index (χ1n) is 6.36. The molecule has 0 fully saturated rings. The number of carbonyl (C=O) groups is 1. The molecule has 0 atom stereocenters. The van der Waals surface area contributed by atoms with Gasteiger partial charge in [-0.15, -0.1) is 0 Å². The van der Waals surface area contributed by atoms with Gasteiger partial charge in [0, 0.05) is 31.9 Å². The predicted molar refractivity (Wildman–Crippen MR) is 77.6 cm³/mol. The number of benzene rings is 1. The lowest BCUT2D eigenvalue weighted by molar-refractivity contribution is -0.135. The summed E-state index contributed by atoms with van der Waals surface area (Å²) in [6.07, 6.45) is 2.44. The highest BCUT2D eigenvalue weighted by atomic mass is 16.4. The monoisotopic (exact) mass is 274 g/mol. The summed E-state index contributed by atoms with van der Waals surface area (Å²) in [5.41, 5.74) is 8.30. The van der Waals surface area contributed by atoms with Gasteiger partial charge in [-0.2, -0.15) is 5.10 Å². The Morgan fingerprint density at radius 3 is 2.75 bits per heavy atom. The van der Waals surface area contributed by atoms with Crippen molar-refractivity contribution in [3.8, 4) is 0 Å². The molecule has 0 bridgehead atoms. The van der Waals surface area contributed by atoms with Crippen molar-refractivity contribution in [1.82, 2.24) is 9.78 Å². The summed E-state index contributed by atoms with van der Waals surface area (Å²) < 4.78 is 1.79. The second kappa shape index (κ2) is 6.10. The minimum absolute atomic E-state index is 0.0773. The van der Waals surface area contributed by atoms with Crippen molar-refractivity contribution in [3.05, 3.63) is 42.2 Å². The number of para-hydroxylation sites is 2. The van der Waals surface area contributed by atoms with Crippen LogP contribution in [0.15, 0.2) is 36.5 Å². The number of nitrogens with two attached hydrogens (primary N) is 1. The predicted octanol–water partition coefficient (Wildman–Crippen LogP) is 1.14. The molecule has 20 heavy (non-hydrogen) atoms. The van der Waals surface area contributed by atoms with Crippen LogP contribution in [0.4, 0.5) is 11.4 Å². The standard InChI is InChI=1S/C14H18N4O2/c1-17-11(6-8-16-17)7-9-18(10-14(19)20)13-5-3-2-4-12(13)15/h2-6,8H,7,9-10,15H2,1H3,(H,19,20). The van der Waals surface area contributed by atoms with Crippen molar-refractivity contribution in [1.29, 1.82) is 0 Å². The van der Waals surface area contributed by atoms with Crippen LogP contribution in [0, 0.1) is 0 Å². The fraction of sp³-hybridized carbons (Fsp3) is 0.286. The normalized spacial score (nSPS) is 10.4. The Morgan fingerprint density at radius 1 is 1.40 bits per heavy atom. The summed E-state index contributed by atoms with van der Waals surface area (Å²) in [5.74, 6) is -0.877. The van der Waals surface area contributed by atoms with E-state index in [4.69, 9.17) is 10.8 Å². The summed E-state index contributed by atoms with van der Waals surface area (Å²) in [5, 5.41) is 13.2. The van der Waals surface area contributed by atoms with Crippen molar-refractivity contribution < 1.29 is 9.90 Å². The molecule has 1 heterocycles. The first-order valence-corrected chi connectivity index (χ1v) is 6.36. The molecule has 0 aliphatic heterocycles. The van der Waals surface area contributed by atoms with E-state index in [1.165, 1.54) is 0 Å². The summed E-state index contributed by atoms with van der Waals surface area (Å²) in [7, 11) is 1.87. The van der Waals surface area contributed by atoms with Crippen LogP contribution in [0.1, 0.15) is 5.69 Å². The Kier molecular flexibility index (Phi) is 4.24. The molecule has 1 aromatic carbocycles. The molecule has 0 spiro atoms. The van der Waals surface area contributed by atoms with Gasteiger partial charge in [0.25, 0.3) is 0 Å². The van der Waals surface area contributed by atoms with Gasteiger partial charge in [-0.1, -0.05) is 12.1 Å². The average Bonchev–Trinajstić information content (AvgIpc) is 2.80. The molecular weight excluding hydrogens is 256 g/mol. The zero-order valence-electron chi connectivity index (χ0n) is 11.4. The Balaban J connectivity index is 2.14. The van der Waals surface area contributed by atoms with Crippen molar-refractivity contribution in [2.75, 3.05) is 23.7 Å². The van der Waals surface area contributed by atoms with Gasteiger partial charge < -0.3 is 15.7 Å². The maximum absolute atomic E-state index is 11.0. The lowest BCUT2D eigenvalue weighted by Crippen LogP contribution is -2.32. The molecule has 3 N–H and O–H groups in total. The van der Waals surface area contributed by atoms with E-state index in [9.17, 15) is 4.79 Å². The third-order valence-corrected chi connectivity index (χ3v) is 3.16. The first-order chi connectivity index (χ1) is 9.58. The third-order valence-electron chi connectivity index (χ3n) is 3.16. The van der Waals surface area contributed by atoms with E-state index in [0.29, 0.717) is 18.7 Å².